The van der Waals surface area contributed by atoms with Crippen LogP contribution >= 0.6 is 0 Å². The second kappa shape index (κ2) is 7.99. The van der Waals surface area contributed by atoms with Gasteiger partial charge < -0.3 is 15.0 Å². The van der Waals surface area contributed by atoms with E-state index in [2.05, 4.69) is 11.2 Å². The van der Waals surface area contributed by atoms with E-state index < -0.39 is 11.9 Å². The smallest absolute Gasteiger partial charge is 0.310 e. The van der Waals surface area contributed by atoms with Gasteiger partial charge in [0, 0.05) is 18.7 Å². The van der Waals surface area contributed by atoms with E-state index in [9.17, 15) is 14.4 Å². The van der Waals surface area contributed by atoms with E-state index in [1.807, 2.05) is 12.1 Å². The Hall–Kier alpha value is -2.81. The number of hydrogen-bond donors (Lipinski definition) is 1. The first-order valence-electron chi connectivity index (χ1n) is 7.35. The highest BCUT2D eigenvalue weighted by Crippen LogP contribution is 2.21. The van der Waals surface area contributed by atoms with Crippen molar-refractivity contribution in [1.29, 1.82) is 0 Å². The zero-order chi connectivity index (χ0) is 16.7. The van der Waals surface area contributed by atoms with Crippen molar-refractivity contribution in [2.45, 2.75) is 19.3 Å². The molecule has 0 radical (unpaired) electrons. The number of anilines is 1. The summed E-state index contributed by atoms with van der Waals surface area (Å²) in [6.45, 7) is 0.487. The number of terminal acetylenes is 1. The van der Waals surface area contributed by atoms with Crippen molar-refractivity contribution < 1.29 is 19.1 Å². The van der Waals surface area contributed by atoms with Crippen LogP contribution < -0.4 is 10.2 Å². The van der Waals surface area contributed by atoms with Crippen LogP contribution in [0.4, 0.5) is 5.69 Å². The van der Waals surface area contributed by atoms with E-state index in [4.69, 9.17) is 11.2 Å². The highest BCUT2D eigenvalue weighted by atomic mass is 16.5. The Morgan fingerprint density at radius 2 is 2.04 bits per heavy atom. The molecule has 1 N–H and O–H groups in total. The second-order valence-corrected chi connectivity index (χ2v) is 5.13. The SMILES string of the molecule is C#CCNC(=O)COC(=O)Cc1ccc(N2CCCC2=O)cc1. The minimum Gasteiger partial charge on any atom is -0.455 e. The molecule has 2 rings (SSSR count). The summed E-state index contributed by atoms with van der Waals surface area (Å²) in [5.74, 6) is 1.45. The van der Waals surface area contributed by atoms with Crippen LogP contribution in [0.3, 0.4) is 0 Å². The largest absolute Gasteiger partial charge is 0.455 e. The summed E-state index contributed by atoms with van der Waals surface area (Å²) in [6, 6.07) is 7.18. The van der Waals surface area contributed by atoms with Gasteiger partial charge in [-0.25, -0.2) is 0 Å². The molecule has 23 heavy (non-hydrogen) atoms. The molecule has 6 nitrogen and oxygen atoms in total. The van der Waals surface area contributed by atoms with Crippen molar-refractivity contribution >= 4 is 23.5 Å². The molecule has 2 amide bonds. The highest BCUT2D eigenvalue weighted by molar-refractivity contribution is 5.95. The van der Waals surface area contributed by atoms with Crippen molar-refractivity contribution in [2.75, 3.05) is 24.6 Å². The number of amides is 2. The number of carbonyl (C=O) groups is 3. The molecule has 0 saturated carbocycles. The van der Waals surface area contributed by atoms with Gasteiger partial charge in [0.2, 0.25) is 5.91 Å². The Balaban J connectivity index is 1.81. The molecule has 1 fully saturated rings. The number of nitrogens with one attached hydrogen (secondary N) is 1. The predicted molar refractivity (Wildman–Crippen MR) is 84.5 cm³/mol. The maximum atomic E-state index is 11.7. The summed E-state index contributed by atoms with van der Waals surface area (Å²) in [6.07, 6.45) is 6.52. The molecule has 0 aliphatic carbocycles. The second-order valence-electron chi connectivity index (χ2n) is 5.13. The normalized spacial score (nSPS) is 13.5. The fourth-order valence-corrected chi connectivity index (χ4v) is 2.28. The van der Waals surface area contributed by atoms with E-state index in [0.717, 1.165) is 24.2 Å². The minimum atomic E-state index is -0.495. The van der Waals surface area contributed by atoms with Crippen LogP contribution in [0, 0.1) is 12.3 Å². The number of ether oxygens (including phenoxy) is 1. The molecule has 1 aromatic rings. The summed E-state index contributed by atoms with van der Waals surface area (Å²) < 4.78 is 4.87. The monoisotopic (exact) mass is 314 g/mol. The number of benzene rings is 1. The minimum absolute atomic E-state index is 0.0661. The van der Waals surface area contributed by atoms with Gasteiger partial charge in [-0.05, 0) is 24.1 Å². The zero-order valence-electron chi connectivity index (χ0n) is 12.7. The first-order valence-corrected chi connectivity index (χ1v) is 7.35. The van der Waals surface area contributed by atoms with Gasteiger partial charge in [-0.1, -0.05) is 18.1 Å². The Kier molecular flexibility index (Phi) is 5.75. The lowest BCUT2D eigenvalue weighted by atomic mass is 10.1. The Labute approximate surface area is 134 Å². The molecule has 0 unspecified atom stereocenters. The van der Waals surface area contributed by atoms with Gasteiger partial charge in [0.1, 0.15) is 0 Å². The van der Waals surface area contributed by atoms with Crippen molar-refractivity contribution in [2.24, 2.45) is 0 Å². The Morgan fingerprint density at radius 1 is 1.30 bits per heavy atom. The standard InChI is InChI=1S/C17H18N2O4/c1-2-9-18-15(20)12-23-17(22)11-13-5-7-14(8-6-13)19-10-3-4-16(19)21/h1,5-8H,3-4,9-12H2,(H,18,20). The summed E-state index contributed by atoms with van der Waals surface area (Å²) in [7, 11) is 0. The van der Waals surface area contributed by atoms with Gasteiger partial charge in [0.25, 0.3) is 5.91 Å². The van der Waals surface area contributed by atoms with Gasteiger partial charge >= 0.3 is 5.97 Å². The number of esters is 1. The van der Waals surface area contributed by atoms with Gasteiger partial charge in [-0.3, -0.25) is 14.4 Å². The fourth-order valence-electron chi connectivity index (χ4n) is 2.28. The summed E-state index contributed by atoms with van der Waals surface area (Å²) >= 11 is 0. The average Bonchev–Trinajstić information content (AvgIpc) is 2.98. The molecular weight excluding hydrogens is 296 g/mol. The molecule has 1 aliphatic rings. The van der Waals surface area contributed by atoms with Crippen LogP contribution in [0.25, 0.3) is 0 Å². The molecule has 0 aromatic heterocycles. The third-order valence-electron chi connectivity index (χ3n) is 3.42. The van der Waals surface area contributed by atoms with Crippen LogP contribution in [0.2, 0.25) is 0 Å². The molecule has 1 aromatic carbocycles. The number of rotatable bonds is 6. The lowest BCUT2D eigenvalue weighted by Gasteiger charge is -2.15. The lowest BCUT2D eigenvalue weighted by molar-refractivity contribution is -0.147. The van der Waals surface area contributed by atoms with Crippen LogP contribution in [-0.4, -0.2) is 37.5 Å². The Morgan fingerprint density at radius 3 is 2.65 bits per heavy atom. The third kappa shape index (κ3) is 4.85. The first kappa shape index (κ1) is 16.6. The van der Waals surface area contributed by atoms with Crippen molar-refractivity contribution in [1.82, 2.24) is 5.32 Å². The van der Waals surface area contributed by atoms with E-state index in [0.29, 0.717) is 6.42 Å². The number of nitrogens with zero attached hydrogens (tertiary/aromatic N) is 1. The van der Waals surface area contributed by atoms with E-state index in [1.54, 1.807) is 17.0 Å². The summed E-state index contributed by atoms with van der Waals surface area (Å²) in [5, 5.41) is 2.40. The van der Waals surface area contributed by atoms with E-state index in [-0.39, 0.29) is 25.5 Å². The quantitative estimate of drug-likeness (QED) is 0.618. The number of hydrogen-bond acceptors (Lipinski definition) is 4. The van der Waals surface area contributed by atoms with Gasteiger partial charge in [0.15, 0.2) is 6.61 Å². The van der Waals surface area contributed by atoms with Gasteiger partial charge in [0.05, 0.1) is 13.0 Å². The molecule has 1 saturated heterocycles. The molecule has 0 atom stereocenters. The van der Waals surface area contributed by atoms with Crippen molar-refractivity contribution in [3.8, 4) is 12.3 Å². The van der Waals surface area contributed by atoms with Crippen molar-refractivity contribution in [3.05, 3.63) is 29.8 Å². The predicted octanol–water partition coefficient (Wildman–Crippen LogP) is 0.648. The van der Waals surface area contributed by atoms with Crippen molar-refractivity contribution in [3.63, 3.8) is 0 Å². The molecule has 1 aliphatic heterocycles. The average molecular weight is 314 g/mol. The summed E-state index contributed by atoms with van der Waals surface area (Å²) in [4.78, 5) is 36.3. The van der Waals surface area contributed by atoms with Crippen LogP contribution in [0.5, 0.6) is 0 Å². The van der Waals surface area contributed by atoms with Crippen LogP contribution in [0.15, 0.2) is 24.3 Å². The molecule has 6 heteroatoms. The van der Waals surface area contributed by atoms with Gasteiger partial charge in [-0.15, -0.1) is 6.42 Å². The molecule has 0 bridgehead atoms. The summed E-state index contributed by atoms with van der Waals surface area (Å²) in [5.41, 5.74) is 1.59. The topological polar surface area (TPSA) is 75.7 Å². The molecular formula is C17H18N2O4. The van der Waals surface area contributed by atoms with Crippen LogP contribution in [-0.2, 0) is 25.5 Å². The maximum absolute atomic E-state index is 11.7. The number of carbonyl (C=O) groups excluding carboxylic acids is 3. The molecule has 1 heterocycles. The third-order valence-corrected chi connectivity index (χ3v) is 3.42. The first-order chi connectivity index (χ1) is 11.1. The zero-order valence-corrected chi connectivity index (χ0v) is 12.7. The maximum Gasteiger partial charge on any atom is 0.310 e. The highest BCUT2D eigenvalue weighted by Gasteiger charge is 2.21. The van der Waals surface area contributed by atoms with E-state index in [1.165, 1.54) is 0 Å². The van der Waals surface area contributed by atoms with E-state index >= 15 is 0 Å². The Bertz CT molecular complexity index is 631. The fraction of sp³-hybridized carbons (Fsp3) is 0.353. The van der Waals surface area contributed by atoms with Crippen LogP contribution in [0.1, 0.15) is 18.4 Å². The molecule has 0 spiro atoms. The molecule has 120 valence electrons. The van der Waals surface area contributed by atoms with Gasteiger partial charge in [-0.2, -0.15) is 0 Å². The lowest BCUT2D eigenvalue weighted by Crippen LogP contribution is -2.29.